The lowest BCUT2D eigenvalue weighted by atomic mass is 9.95. The molecule has 0 unspecified atom stereocenters. The largest absolute Gasteiger partial charge is 0.395 e. The van der Waals surface area contributed by atoms with Crippen LogP contribution in [0.4, 0.5) is 0 Å². The fourth-order valence-corrected chi connectivity index (χ4v) is 2.48. The lowest BCUT2D eigenvalue weighted by Crippen LogP contribution is -2.10. The van der Waals surface area contributed by atoms with Crippen LogP contribution in [0.15, 0.2) is 35.5 Å². The van der Waals surface area contributed by atoms with Crippen LogP contribution in [0.25, 0.3) is 0 Å². The van der Waals surface area contributed by atoms with Gasteiger partial charge >= 0.3 is 0 Å². The molecule has 2 heteroatoms. The molecule has 1 fully saturated rings. The van der Waals surface area contributed by atoms with Gasteiger partial charge in [-0.05, 0) is 18.4 Å². The summed E-state index contributed by atoms with van der Waals surface area (Å²) in [6.07, 6.45) is 2.47. The third-order valence-corrected chi connectivity index (χ3v) is 3.23. The standard InChI is InChI=1S/C12H13NO/c1-2-4-9(5-3-1)11-7-6-10-8-14-13-12(10)11/h1-5,10-11H,6-8H2/t10-,11-/m1/s1. The molecule has 14 heavy (non-hydrogen) atoms. The van der Waals surface area contributed by atoms with Gasteiger partial charge in [-0.15, -0.1) is 0 Å². The second kappa shape index (κ2) is 3.12. The average Bonchev–Trinajstić information content (AvgIpc) is 2.79. The maximum absolute atomic E-state index is 5.15. The molecule has 1 aliphatic carbocycles. The predicted octanol–water partition coefficient (Wildman–Crippen LogP) is 2.57. The van der Waals surface area contributed by atoms with Crippen LogP contribution in [-0.4, -0.2) is 12.3 Å². The van der Waals surface area contributed by atoms with Crippen LogP contribution < -0.4 is 0 Å². The van der Waals surface area contributed by atoms with Crippen molar-refractivity contribution in [3.05, 3.63) is 35.9 Å². The average molecular weight is 187 g/mol. The highest BCUT2D eigenvalue weighted by atomic mass is 16.6. The van der Waals surface area contributed by atoms with Gasteiger partial charge in [0, 0.05) is 11.8 Å². The predicted molar refractivity (Wildman–Crippen MR) is 55.3 cm³/mol. The zero-order valence-corrected chi connectivity index (χ0v) is 8.02. The van der Waals surface area contributed by atoms with E-state index < -0.39 is 0 Å². The van der Waals surface area contributed by atoms with Crippen molar-refractivity contribution in [3.8, 4) is 0 Å². The van der Waals surface area contributed by atoms with E-state index in [0.717, 1.165) is 6.61 Å². The van der Waals surface area contributed by atoms with Crippen molar-refractivity contribution in [1.82, 2.24) is 0 Å². The van der Waals surface area contributed by atoms with E-state index in [4.69, 9.17) is 4.84 Å². The van der Waals surface area contributed by atoms with Crippen LogP contribution in [0, 0.1) is 5.92 Å². The monoisotopic (exact) mass is 187 g/mol. The number of fused-ring (bicyclic) bond motifs is 1. The summed E-state index contributed by atoms with van der Waals surface area (Å²) in [7, 11) is 0. The van der Waals surface area contributed by atoms with Gasteiger partial charge in [0.2, 0.25) is 0 Å². The van der Waals surface area contributed by atoms with Gasteiger partial charge in [0.1, 0.15) is 6.61 Å². The Balaban J connectivity index is 1.93. The number of nitrogens with zero attached hydrogens (tertiary/aromatic N) is 1. The Morgan fingerprint density at radius 2 is 2.00 bits per heavy atom. The summed E-state index contributed by atoms with van der Waals surface area (Å²) in [6, 6.07) is 10.6. The fourth-order valence-electron chi connectivity index (χ4n) is 2.48. The first kappa shape index (κ1) is 8.04. The Morgan fingerprint density at radius 3 is 2.86 bits per heavy atom. The Hall–Kier alpha value is -1.31. The maximum atomic E-state index is 5.15. The molecule has 3 rings (SSSR count). The van der Waals surface area contributed by atoms with Crippen LogP contribution in [0.5, 0.6) is 0 Å². The van der Waals surface area contributed by atoms with Crippen LogP contribution >= 0.6 is 0 Å². The molecule has 1 aromatic rings. The molecule has 0 spiro atoms. The molecule has 1 saturated carbocycles. The molecule has 2 nitrogen and oxygen atoms in total. The normalized spacial score (nSPS) is 29.6. The highest BCUT2D eigenvalue weighted by Gasteiger charge is 2.36. The summed E-state index contributed by atoms with van der Waals surface area (Å²) >= 11 is 0. The van der Waals surface area contributed by atoms with E-state index in [9.17, 15) is 0 Å². The molecule has 0 saturated heterocycles. The Labute approximate surface area is 83.6 Å². The second-order valence-corrected chi connectivity index (χ2v) is 4.05. The molecule has 0 radical (unpaired) electrons. The zero-order valence-electron chi connectivity index (χ0n) is 8.02. The summed E-state index contributed by atoms with van der Waals surface area (Å²) in [5, 5.41) is 4.17. The molecule has 1 aliphatic heterocycles. The molecule has 1 aromatic carbocycles. The Kier molecular flexibility index (Phi) is 1.79. The van der Waals surface area contributed by atoms with Crippen molar-refractivity contribution in [1.29, 1.82) is 0 Å². The minimum absolute atomic E-state index is 0.517. The molecular weight excluding hydrogens is 174 g/mol. The van der Waals surface area contributed by atoms with E-state index in [1.54, 1.807) is 0 Å². The van der Waals surface area contributed by atoms with E-state index in [1.807, 2.05) is 0 Å². The Bertz CT molecular complexity index is 358. The molecular formula is C12H13NO. The lowest BCUT2D eigenvalue weighted by molar-refractivity contribution is 0.151. The van der Waals surface area contributed by atoms with E-state index >= 15 is 0 Å². The molecule has 1 heterocycles. The smallest absolute Gasteiger partial charge is 0.125 e. The third-order valence-electron chi connectivity index (χ3n) is 3.23. The van der Waals surface area contributed by atoms with Gasteiger partial charge in [-0.1, -0.05) is 35.5 Å². The highest BCUT2D eigenvalue weighted by Crippen LogP contribution is 2.38. The van der Waals surface area contributed by atoms with Gasteiger partial charge in [0.05, 0.1) is 5.71 Å². The van der Waals surface area contributed by atoms with Crippen LogP contribution in [0.1, 0.15) is 24.3 Å². The first-order valence-corrected chi connectivity index (χ1v) is 5.20. The van der Waals surface area contributed by atoms with Crippen molar-refractivity contribution in [2.75, 3.05) is 6.61 Å². The van der Waals surface area contributed by atoms with E-state index in [1.165, 1.54) is 24.1 Å². The number of oxime groups is 1. The van der Waals surface area contributed by atoms with Gasteiger partial charge in [0.25, 0.3) is 0 Å². The molecule has 0 bridgehead atoms. The maximum Gasteiger partial charge on any atom is 0.125 e. The number of rotatable bonds is 1. The quantitative estimate of drug-likeness (QED) is 0.662. The summed E-state index contributed by atoms with van der Waals surface area (Å²) in [4.78, 5) is 5.15. The van der Waals surface area contributed by atoms with E-state index in [0.29, 0.717) is 11.8 Å². The summed E-state index contributed by atoms with van der Waals surface area (Å²) in [5.74, 6) is 1.11. The van der Waals surface area contributed by atoms with Crippen molar-refractivity contribution in [2.24, 2.45) is 11.1 Å². The van der Waals surface area contributed by atoms with Crippen LogP contribution in [0.3, 0.4) is 0 Å². The SMILES string of the molecule is c1ccc([C@H]2CC[C@@H]3CON=C32)cc1. The first-order chi connectivity index (χ1) is 6.95. The Morgan fingerprint density at radius 1 is 1.14 bits per heavy atom. The minimum atomic E-state index is 0.517. The molecule has 0 N–H and O–H groups in total. The van der Waals surface area contributed by atoms with Crippen LogP contribution in [-0.2, 0) is 4.84 Å². The molecule has 0 amide bonds. The van der Waals surface area contributed by atoms with Crippen molar-refractivity contribution in [2.45, 2.75) is 18.8 Å². The van der Waals surface area contributed by atoms with Gasteiger partial charge in [-0.2, -0.15) is 0 Å². The van der Waals surface area contributed by atoms with Gasteiger partial charge in [0.15, 0.2) is 0 Å². The van der Waals surface area contributed by atoms with Crippen molar-refractivity contribution < 1.29 is 4.84 Å². The van der Waals surface area contributed by atoms with Gasteiger partial charge < -0.3 is 4.84 Å². The van der Waals surface area contributed by atoms with Crippen molar-refractivity contribution >= 4 is 5.71 Å². The number of benzene rings is 1. The lowest BCUT2D eigenvalue weighted by Gasteiger charge is -2.08. The summed E-state index contributed by atoms with van der Waals surface area (Å²) in [5.41, 5.74) is 2.66. The van der Waals surface area contributed by atoms with E-state index in [-0.39, 0.29) is 0 Å². The first-order valence-electron chi connectivity index (χ1n) is 5.20. The molecule has 2 aliphatic rings. The molecule has 72 valence electrons. The molecule has 0 aromatic heterocycles. The van der Waals surface area contributed by atoms with Gasteiger partial charge in [-0.3, -0.25) is 0 Å². The van der Waals surface area contributed by atoms with Crippen molar-refractivity contribution in [3.63, 3.8) is 0 Å². The van der Waals surface area contributed by atoms with E-state index in [2.05, 4.69) is 35.5 Å². The minimum Gasteiger partial charge on any atom is -0.395 e. The molecule has 2 atom stereocenters. The third kappa shape index (κ3) is 1.14. The topological polar surface area (TPSA) is 21.6 Å². The van der Waals surface area contributed by atoms with Crippen LogP contribution in [0.2, 0.25) is 0 Å². The zero-order chi connectivity index (χ0) is 9.38. The second-order valence-electron chi connectivity index (χ2n) is 4.05. The summed E-state index contributed by atoms with van der Waals surface area (Å²) < 4.78 is 0. The number of hydrogen-bond donors (Lipinski definition) is 0. The fraction of sp³-hybridized carbons (Fsp3) is 0.417. The van der Waals surface area contributed by atoms with Gasteiger partial charge in [-0.25, -0.2) is 0 Å². The number of hydrogen-bond acceptors (Lipinski definition) is 2. The highest BCUT2D eigenvalue weighted by molar-refractivity contribution is 5.95. The summed E-state index contributed by atoms with van der Waals surface area (Å²) in [6.45, 7) is 0.804.